The Morgan fingerprint density at radius 1 is 1.31 bits per heavy atom. The molecule has 0 unspecified atom stereocenters. The van der Waals surface area contributed by atoms with Gasteiger partial charge in [-0.3, -0.25) is 0 Å². The monoisotopic (exact) mass is 184 g/mol. The number of rotatable bonds is 1. The lowest BCUT2D eigenvalue weighted by Gasteiger charge is -2.46. The van der Waals surface area contributed by atoms with Crippen molar-refractivity contribution in [1.29, 1.82) is 0 Å². The van der Waals surface area contributed by atoms with Crippen molar-refractivity contribution in [2.24, 2.45) is 5.73 Å². The van der Waals surface area contributed by atoms with E-state index in [-0.39, 0.29) is 5.60 Å². The summed E-state index contributed by atoms with van der Waals surface area (Å²) in [6.45, 7) is 2.74. The fraction of sp³-hybridized carbons (Fsp3) is 1.00. The van der Waals surface area contributed by atoms with Gasteiger partial charge >= 0.3 is 0 Å². The van der Waals surface area contributed by atoms with Crippen molar-refractivity contribution in [3.05, 3.63) is 0 Å². The Bertz CT molecular complexity index is 158. The first-order valence-electron chi connectivity index (χ1n) is 5.45. The SMILES string of the molecule is NC[C@H]1NCCC[C@@]12CCCCO2. The highest BCUT2D eigenvalue weighted by Crippen LogP contribution is 2.34. The third-order valence-electron chi connectivity index (χ3n) is 3.42. The zero-order valence-electron chi connectivity index (χ0n) is 8.22. The molecule has 1 spiro atoms. The minimum Gasteiger partial charge on any atom is -0.373 e. The van der Waals surface area contributed by atoms with E-state index in [1.165, 1.54) is 32.1 Å². The molecule has 2 heterocycles. The van der Waals surface area contributed by atoms with Crippen LogP contribution in [-0.2, 0) is 4.74 Å². The van der Waals surface area contributed by atoms with E-state index in [4.69, 9.17) is 10.5 Å². The van der Waals surface area contributed by atoms with Crippen molar-refractivity contribution >= 4 is 0 Å². The zero-order chi connectivity index (χ0) is 9.15. The van der Waals surface area contributed by atoms with Crippen molar-refractivity contribution in [2.75, 3.05) is 19.7 Å². The van der Waals surface area contributed by atoms with Crippen LogP contribution in [0.1, 0.15) is 32.1 Å². The second kappa shape index (κ2) is 3.95. The minimum absolute atomic E-state index is 0.0885. The van der Waals surface area contributed by atoms with Gasteiger partial charge in [-0.05, 0) is 38.6 Å². The lowest BCUT2D eigenvalue weighted by molar-refractivity contribution is -0.115. The fourth-order valence-corrected chi connectivity index (χ4v) is 2.67. The van der Waals surface area contributed by atoms with Crippen molar-refractivity contribution in [3.63, 3.8) is 0 Å². The van der Waals surface area contributed by atoms with Gasteiger partial charge in [-0.15, -0.1) is 0 Å². The summed E-state index contributed by atoms with van der Waals surface area (Å²) in [4.78, 5) is 0. The highest BCUT2D eigenvalue weighted by atomic mass is 16.5. The molecular formula is C10H20N2O. The van der Waals surface area contributed by atoms with Gasteiger partial charge in [0.25, 0.3) is 0 Å². The van der Waals surface area contributed by atoms with Crippen molar-refractivity contribution < 1.29 is 4.74 Å². The maximum Gasteiger partial charge on any atom is 0.0847 e. The van der Waals surface area contributed by atoms with Crippen LogP contribution in [0.5, 0.6) is 0 Å². The summed E-state index contributed by atoms with van der Waals surface area (Å²) in [5, 5.41) is 3.48. The average Bonchev–Trinajstić information content (AvgIpc) is 2.20. The second-order valence-corrected chi connectivity index (χ2v) is 4.22. The molecule has 2 rings (SSSR count). The van der Waals surface area contributed by atoms with E-state index < -0.39 is 0 Å². The minimum atomic E-state index is 0.0885. The van der Waals surface area contributed by atoms with Crippen LogP contribution in [-0.4, -0.2) is 31.3 Å². The predicted molar refractivity (Wildman–Crippen MR) is 52.6 cm³/mol. The molecule has 0 aromatic rings. The summed E-state index contributed by atoms with van der Waals surface area (Å²) in [6, 6.07) is 0.390. The van der Waals surface area contributed by atoms with Gasteiger partial charge in [0.2, 0.25) is 0 Å². The van der Waals surface area contributed by atoms with Crippen molar-refractivity contribution in [2.45, 2.75) is 43.7 Å². The van der Waals surface area contributed by atoms with Gasteiger partial charge < -0.3 is 15.8 Å². The van der Waals surface area contributed by atoms with E-state index >= 15 is 0 Å². The molecule has 0 aromatic heterocycles. The molecule has 0 bridgehead atoms. The third-order valence-corrected chi connectivity index (χ3v) is 3.42. The molecule has 2 fully saturated rings. The van der Waals surface area contributed by atoms with E-state index in [0.29, 0.717) is 12.6 Å². The smallest absolute Gasteiger partial charge is 0.0847 e. The van der Waals surface area contributed by atoms with Crippen LogP contribution in [0.2, 0.25) is 0 Å². The first-order valence-corrected chi connectivity index (χ1v) is 5.45. The normalized spacial score (nSPS) is 40.8. The molecule has 2 aliphatic rings. The summed E-state index contributed by atoms with van der Waals surface area (Å²) in [6.07, 6.45) is 6.15. The van der Waals surface area contributed by atoms with Crippen LogP contribution >= 0.6 is 0 Å². The van der Waals surface area contributed by atoms with Gasteiger partial charge in [-0.25, -0.2) is 0 Å². The Morgan fingerprint density at radius 2 is 2.15 bits per heavy atom. The van der Waals surface area contributed by atoms with Gasteiger partial charge in [-0.1, -0.05) is 0 Å². The molecule has 2 aliphatic heterocycles. The number of ether oxygens (including phenoxy) is 1. The predicted octanol–water partition coefficient (Wildman–Crippen LogP) is 0.636. The lowest BCUT2D eigenvalue weighted by atomic mass is 9.80. The first-order chi connectivity index (χ1) is 6.37. The van der Waals surface area contributed by atoms with E-state index in [0.717, 1.165) is 13.2 Å². The third kappa shape index (κ3) is 1.73. The molecule has 0 amide bonds. The van der Waals surface area contributed by atoms with Crippen LogP contribution in [0.15, 0.2) is 0 Å². The topological polar surface area (TPSA) is 47.3 Å². The van der Waals surface area contributed by atoms with Crippen LogP contribution in [0, 0.1) is 0 Å². The standard InChI is InChI=1S/C10H20N2O/c11-8-9-10(5-3-6-12-9)4-1-2-7-13-10/h9,12H,1-8,11H2/t9-,10+/m1/s1. The zero-order valence-corrected chi connectivity index (χ0v) is 8.22. The number of nitrogens with one attached hydrogen (secondary N) is 1. The molecule has 0 aliphatic carbocycles. The molecule has 76 valence electrons. The molecule has 0 radical (unpaired) electrons. The number of hydrogen-bond acceptors (Lipinski definition) is 3. The molecule has 3 nitrogen and oxygen atoms in total. The quantitative estimate of drug-likeness (QED) is 0.628. The van der Waals surface area contributed by atoms with Crippen LogP contribution in [0.3, 0.4) is 0 Å². The van der Waals surface area contributed by atoms with Crippen LogP contribution in [0.4, 0.5) is 0 Å². The van der Waals surface area contributed by atoms with E-state index in [1.54, 1.807) is 0 Å². The van der Waals surface area contributed by atoms with Gasteiger partial charge in [-0.2, -0.15) is 0 Å². The van der Waals surface area contributed by atoms with Gasteiger partial charge in [0, 0.05) is 19.2 Å². The Morgan fingerprint density at radius 3 is 2.85 bits per heavy atom. The van der Waals surface area contributed by atoms with Gasteiger partial charge in [0.15, 0.2) is 0 Å². The Balaban J connectivity index is 2.06. The highest BCUT2D eigenvalue weighted by molar-refractivity contribution is 4.98. The molecule has 13 heavy (non-hydrogen) atoms. The number of nitrogens with two attached hydrogens (primary N) is 1. The fourth-order valence-electron chi connectivity index (χ4n) is 2.67. The van der Waals surface area contributed by atoms with E-state index in [9.17, 15) is 0 Å². The number of piperidine rings is 1. The summed E-state index contributed by atoms with van der Waals surface area (Å²) < 4.78 is 5.97. The summed E-state index contributed by atoms with van der Waals surface area (Å²) >= 11 is 0. The lowest BCUT2D eigenvalue weighted by Crippen LogP contribution is -2.60. The maximum absolute atomic E-state index is 5.97. The Labute approximate surface area is 80.0 Å². The molecule has 2 atom stereocenters. The highest BCUT2D eigenvalue weighted by Gasteiger charge is 2.41. The van der Waals surface area contributed by atoms with Crippen molar-refractivity contribution in [3.8, 4) is 0 Å². The van der Waals surface area contributed by atoms with E-state index in [2.05, 4.69) is 5.32 Å². The molecule has 0 aromatic carbocycles. The van der Waals surface area contributed by atoms with Gasteiger partial charge in [0.05, 0.1) is 5.60 Å². The summed E-state index contributed by atoms with van der Waals surface area (Å²) in [5.74, 6) is 0. The second-order valence-electron chi connectivity index (χ2n) is 4.22. The Kier molecular flexibility index (Phi) is 2.86. The van der Waals surface area contributed by atoms with E-state index in [1.807, 2.05) is 0 Å². The maximum atomic E-state index is 5.97. The molecule has 2 saturated heterocycles. The van der Waals surface area contributed by atoms with Crippen LogP contribution in [0.25, 0.3) is 0 Å². The largest absolute Gasteiger partial charge is 0.373 e. The van der Waals surface area contributed by atoms with Crippen molar-refractivity contribution in [1.82, 2.24) is 5.32 Å². The first kappa shape index (κ1) is 9.44. The molecular weight excluding hydrogens is 164 g/mol. The summed E-state index contributed by atoms with van der Waals surface area (Å²) in [7, 11) is 0. The Hall–Kier alpha value is -0.120. The molecule has 3 heteroatoms. The molecule has 3 N–H and O–H groups in total. The summed E-state index contributed by atoms with van der Waals surface area (Å²) in [5.41, 5.74) is 5.85. The molecule has 0 saturated carbocycles. The van der Waals surface area contributed by atoms with Crippen LogP contribution < -0.4 is 11.1 Å². The number of hydrogen-bond donors (Lipinski definition) is 2. The average molecular weight is 184 g/mol. The van der Waals surface area contributed by atoms with Gasteiger partial charge in [0.1, 0.15) is 0 Å².